The molecule has 0 aromatic heterocycles. The van der Waals surface area contributed by atoms with Crippen LogP contribution in [-0.4, -0.2) is 30.7 Å². The monoisotopic (exact) mass is 279 g/mol. The van der Waals surface area contributed by atoms with Crippen molar-refractivity contribution in [2.75, 3.05) is 6.61 Å². The molecule has 17 heavy (non-hydrogen) atoms. The Hall–Kier alpha value is -0.330. The number of sulfonamides is 1. The number of fused-ring (bicyclic) bond motifs is 2. The zero-order valence-electron chi connectivity index (χ0n) is 9.24. The van der Waals surface area contributed by atoms with Gasteiger partial charge in [-0.3, -0.25) is 4.79 Å². The van der Waals surface area contributed by atoms with Crippen LogP contribution in [0.1, 0.15) is 32.1 Å². The molecule has 3 aliphatic rings. The number of hydrogen-bond acceptors (Lipinski definition) is 4. The van der Waals surface area contributed by atoms with E-state index in [2.05, 4.69) is 4.72 Å². The topological polar surface area (TPSA) is 72.5 Å². The van der Waals surface area contributed by atoms with Gasteiger partial charge in [-0.25, -0.2) is 13.1 Å². The first-order valence-electron chi connectivity index (χ1n) is 5.77. The summed E-state index contributed by atoms with van der Waals surface area (Å²) in [6, 6.07) is 0. The molecule has 2 bridgehead atoms. The predicted molar refractivity (Wildman–Crippen MR) is 60.9 cm³/mol. The lowest BCUT2D eigenvalue weighted by Crippen LogP contribution is -2.49. The molecule has 1 saturated heterocycles. The molecule has 1 N–H and O–H groups in total. The van der Waals surface area contributed by atoms with Gasteiger partial charge < -0.3 is 4.74 Å². The molecule has 3 fully saturated rings. The van der Waals surface area contributed by atoms with Gasteiger partial charge in [-0.2, -0.15) is 0 Å². The molecule has 1 amide bonds. The third-order valence-corrected chi connectivity index (χ3v) is 6.75. The summed E-state index contributed by atoms with van der Waals surface area (Å²) in [4.78, 5) is 12.0. The fraction of sp³-hybridized carbons (Fsp3) is 0.900. The Labute approximate surface area is 105 Å². The predicted octanol–water partition coefficient (Wildman–Crippen LogP) is 0.730. The molecule has 2 saturated carbocycles. The minimum atomic E-state index is -3.77. The van der Waals surface area contributed by atoms with Gasteiger partial charge in [0.05, 0.1) is 6.61 Å². The summed E-state index contributed by atoms with van der Waals surface area (Å²) < 4.78 is 30.0. The van der Waals surface area contributed by atoms with E-state index in [9.17, 15) is 13.2 Å². The van der Waals surface area contributed by atoms with Crippen LogP contribution in [0.3, 0.4) is 0 Å². The van der Waals surface area contributed by atoms with Gasteiger partial charge in [0.1, 0.15) is 5.60 Å². The van der Waals surface area contributed by atoms with E-state index < -0.39 is 25.7 Å². The van der Waals surface area contributed by atoms with Crippen LogP contribution < -0.4 is 4.72 Å². The first-order chi connectivity index (χ1) is 7.87. The van der Waals surface area contributed by atoms with Gasteiger partial charge >= 0.3 is 0 Å². The van der Waals surface area contributed by atoms with Crippen molar-refractivity contribution in [1.82, 2.24) is 4.72 Å². The van der Waals surface area contributed by atoms with Gasteiger partial charge in [0.15, 0.2) is 4.21 Å². The summed E-state index contributed by atoms with van der Waals surface area (Å²) in [5.74, 6) is -0.140. The van der Waals surface area contributed by atoms with Crippen molar-refractivity contribution in [3.63, 3.8) is 0 Å². The number of rotatable bonds is 3. The molecule has 2 unspecified atom stereocenters. The van der Waals surface area contributed by atoms with E-state index in [0.717, 1.165) is 6.42 Å². The van der Waals surface area contributed by atoms with Crippen molar-refractivity contribution in [3.8, 4) is 0 Å². The average Bonchev–Trinajstić information content (AvgIpc) is 2.79. The molecular formula is C10H14ClNO4S. The summed E-state index contributed by atoms with van der Waals surface area (Å²) in [5, 5.41) is 0. The molecular weight excluding hydrogens is 266 g/mol. The van der Waals surface area contributed by atoms with E-state index in [1.165, 1.54) is 0 Å². The fourth-order valence-corrected chi connectivity index (χ4v) is 4.07. The summed E-state index contributed by atoms with van der Waals surface area (Å²) in [7, 11) is -3.77. The second-order valence-corrected chi connectivity index (χ2v) is 8.17. The highest BCUT2D eigenvalue weighted by atomic mass is 35.5. The minimum absolute atomic E-state index is 0.396. The van der Waals surface area contributed by atoms with Crippen LogP contribution >= 0.6 is 11.6 Å². The SMILES string of the molecule is O=C(NS(=O)(=O)C1(Cl)CC1)C12CCC(CO1)C2. The average molecular weight is 280 g/mol. The smallest absolute Gasteiger partial charge is 0.265 e. The largest absolute Gasteiger partial charge is 0.365 e. The number of amides is 1. The van der Waals surface area contributed by atoms with E-state index >= 15 is 0 Å². The summed E-state index contributed by atoms with van der Waals surface area (Å²) in [6.07, 6.45) is 2.96. The van der Waals surface area contributed by atoms with Crippen molar-refractivity contribution in [3.05, 3.63) is 0 Å². The van der Waals surface area contributed by atoms with Crippen molar-refractivity contribution < 1.29 is 17.9 Å². The summed E-state index contributed by atoms with van der Waals surface area (Å²) in [6.45, 7) is 0.555. The van der Waals surface area contributed by atoms with Crippen LogP contribution in [0.15, 0.2) is 0 Å². The van der Waals surface area contributed by atoms with E-state index in [4.69, 9.17) is 16.3 Å². The number of carbonyl (C=O) groups is 1. The van der Waals surface area contributed by atoms with Gasteiger partial charge in [-0.15, -0.1) is 0 Å². The molecule has 5 nitrogen and oxygen atoms in total. The van der Waals surface area contributed by atoms with Crippen LogP contribution in [-0.2, 0) is 19.6 Å². The quantitative estimate of drug-likeness (QED) is 0.773. The number of halogens is 1. The maximum Gasteiger partial charge on any atom is 0.265 e. The maximum absolute atomic E-state index is 12.0. The Morgan fingerprint density at radius 2 is 2.06 bits per heavy atom. The Bertz CT molecular complexity index is 463. The fourth-order valence-electron chi connectivity index (χ4n) is 2.60. The normalized spacial score (nSPS) is 38.1. The van der Waals surface area contributed by atoms with Crippen LogP contribution in [0.4, 0.5) is 0 Å². The molecule has 0 spiro atoms. The van der Waals surface area contributed by atoms with Crippen LogP contribution in [0.25, 0.3) is 0 Å². The molecule has 2 aliphatic carbocycles. The Balaban J connectivity index is 1.76. The van der Waals surface area contributed by atoms with Crippen molar-refractivity contribution in [1.29, 1.82) is 0 Å². The van der Waals surface area contributed by atoms with E-state index in [1.807, 2.05) is 0 Å². The highest BCUT2D eigenvalue weighted by Gasteiger charge is 2.57. The lowest BCUT2D eigenvalue weighted by molar-refractivity contribution is -0.140. The molecule has 0 radical (unpaired) electrons. The third-order valence-electron chi connectivity index (χ3n) is 3.94. The number of ether oxygens (including phenoxy) is 1. The molecule has 1 aliphatic heterocycles. The van der Waals surface area contributed by atoms with Gasteiger partial charge in [-0.1, -0.05) is 11.6 Å². The number of hydrogen-bond donors (Lipinski definition) is 1. The van der Waals surface area contributed by atoms with Crippen LogP contribution in [0, 0.1) is 5.92 Å². The van der Waals surface area contributed by atoms with Gasteiger partial charge in [0.2, 0.25) is 0 Å². The molecule has 0 aromatic rings. The lowest BCUT2D eigenvalue weighted by Gasteiger charge is -2.25. The van der Waals surface area contributed by atoms with Gasteiger partial charge in [0, 0.05) is 0 Å². The zero-order chi connectivity index (χ0) is 12.3. The molecule has 2 atom stereocenters. The first-order valence-corrected chi connectivity index (χ1v) is 7.63. The van der Waals surface area contributed by atoms with Crippen LogP contribution in [0.5, 0.6) is 0 Å². The number of carbonyl (C=O) groups excluding carboxylic acids is 1. The maximum atomic E-state index is 12.0. The van der Waals surface area contributed by atoms with Crippen molar-refractivity contribution in [2.24, 2.45) is 5.92 Å². The Morgan fingerprint density at radius 1 is 1.35 bits per heavy atom. The Morgan fingerprint density at radius 3 is 2.47 bits per heavy atom. The molecule has 0 aromatic carbocycles. The molecule has 7 heteroatoms. The first kappa shape index (κ1) is 11.7. The highest BCUT2D eigenvalue weighted by molar-refractivity contribution is 7.93. The van der Waals surface area contributed by atoms with Crippen LogP contribution in [0.2, 0.25) is 0 Å². The third kappa shape index (κ3) is 1.69. The van der Waals surface area contributed by atoms with Gasteiger partial charge in [-0.05, 0) is 38.0 Å². The van der Waals surface area contributed by atoms with Gasteiger partial charge in [0.25, 0.3) is 15.9 Å². The molecule has 3 rings (SSSR count). The van der Waals surface area contributed by atoms with E-state index in [0.29, 0.717) is 38.2 Å². The zero-order valence-corrected chi connectivity index (χ0v) is 10.8. The second kappa shape index (κ2) is 3.36. The van der Waals surface area contributed by atoms with E-state index in [-0.39, 0.29) is 0 Å². The molecule has 96 valence electrons. The van der Waals surface area contributed by atoms with Crippen molar-refractivity contribution >= 4 is 27.5 Å². The van der Waals surface area contributed by atoms with E-state index in [1.54, 1.807) is 0 Å². The lowest BCUT2D eigenvalue weighted by atomic mass is 10.0. The Kier molecular flexibility index (Phi) is 2.32. The van der Waals surface area contributed by atoms with Crippen molar-refractivity contribution in [2.45, 2.75) is 41.9 Å². The number of nitrogens with one attached hydrogen (secondary N) is 1. The number of alkyl halides is 1. The summed E-state index contributed by atoms with van der Waals surface area (Å²) in [5.41, 5.74) is -0.917. The second-order valence-electron chi connectivity index (χ2n) is 5.23. The minimum Gasteiger partial charge on any atom is -0.365 e. The molecule has 1 heterocycles. The summed E-state index contributed by atoms with van der Waals surface area (Å²) >= 11 is 5.84. The standard InChI is InChI=1S/C10H14ClNO4S/c11-10(3-4-10)17(14,15)12-8(13)9-2-1-7(5-9)6-16-9/h7H,1-6H2,(H,12,13). The highest BCUT2D eigenvalue weighted by Crippen LogP contribution is 2.48.